The lowest BCUT2D eigenvalue weighted by Gasteiger charge is -2.28. The molecule has 0 radical (unpaired) electrons. The van der Waals surface area contributed by atoms with E-state index in [9.17, 15) is 0 Å². The van der Waals surface area contributed by atoms with E-state index in [1.807, 2.05) is 0 Å². The number of hydrogen-bond donors (Lipinski definition) is 0. The number of aromatic nitrogens is 1. The maximum absolute atomic E-state index is 6.73. The van der Waals surface area contributed by atoms with E-state index in [4.69, 9.17) is 4.42 Å². The fourth-order valence-electron chi connectivity index (χ4n) is 11.8. The Morgan fingerprint density at radius 2 is 0.773 bits per heavy atom. The van der Waals surface area contributed by atoms with E-state index in [2.05, 4.69) is 289 Å². The summed E-state index contributed by atoms with van der Waals surface area (Å²) in [6, 6.07) is 101. The van der Waals surface area contributed by atoms with Crippen molar-refractivity contribution in [3.63, 3.8) is 0 Å². The van der Waals surface area contributed by atoms with Crippen molar-refractivity contribution < 1.29 is 4.42 Å². The third-order valence-corrected chi connectivity index (χ3v) is 15.4. The van der Waals surface area contributed by atoms with Crippen LogP contribution in [0, 0.1) is 0 Å². The standard InChI is InChI=1S/C72H46N2O/c1-3-17-59-51(13-1)31-32-55-45-54(38-43-60(55)59)49-29-27-47(28-30-49)48-33-39-56(40-34-48)73(67-23-8-7-21-64(67)65-22-12-26-70-71(65)66-44-37-52-14-2-4-18-61(52)72(66)75-70)57-41-35-50(36-42-57)53-15-11-16-58(46-53)74-68-24-9-5-19-62(68)63-20-6-10-25-69(63)74/h1-46H. The molecular weight excluding hydrogens is 909 g/mol. The molecule has 3 nitrogen and oxygen atoms in total. The predicted molar refractivity (Wildman–Crippen MR) is 317 cm³/mol. The van der Waals surface area contributed by atoms with Crippen molar-refractivity contribution in [2.75, 3.05) is 4.90 Å². The summed E-state index contributed by atoms with van der Waals surface area (Å²) >= 11 is 0. The van der Waals surface area contributed by atoms with Crippen molar-refractivity contribution in [2.45, 2.75) is 0 Å². The van der Waals surface area contributed by atoms with E-state index in [0.29, 0.717) is 0 Å². The van der Waals surface area contributed by atoms with E-state index in [-0.39, 0.29) is 0 Å². The molecule has 0 aliphatic heterocycles. The van der Waals surface area contributed by atoms with E-state index in [1.54, 1.807) is 0 Å². The highest BCUT2D eigenvalue weighted by Crippen LogP contribution is 2.46. The molecule has 0 amide bonds. The summed E-state index contributed by atoms with van der Waals surface area (Å²) in [6.45, 7) is 0. The van der Waals surface area contributed by atoms with Gasteiger partial charge in [0.05, 0.1) is 16.7 Å². The van der Waals surface area contributed by atoms with Gasteiger partial charge in [-0.15, -0.1) is 0 Å². The molecular formula is C72H46N2O. The average Bonchev–Trinajstić information content (AvgIpc) is 4.06. The van der Waals surface area contributed by atoms with Crippen LogP contribution in [0.25, 0.3) is 126 Å². The topological polar surface area (TPSA) is 21.3 Å². The van der Waals surface area contributed by atoms with Gasteiger partial charge in [-0.3, -0.25) is 0 Å². The molecule has 0 saturated heterocycles. The number of furan rings is 1. The lowest BCUT2D eigenvalue weighted by atomic mass is 9.95. The Labute approximate surface area is 434 Å². The first kappa shape index (κ1) is 42.7. The van der Waals surface area contributed by atoms with Gasteiger partial charge in [0.2, 0.25) is 0 Å². The SMILES string of the molecule is c1cc(-c2ccc(N(c3ccc(-c4ccc(-c5ccc6c(ccc7ccccc76)c5)cc4)cc3)c3ccccc3-c3cccc4oc5c6ccccc6ccc5c34)cc2)cc(-n2c3ccccc3c3ccccc32)c1. The molecule has 3 heteroatoms. The molecule has 0 aliphatic carbocycles. The van der Waals surface area contributed by atoms with Crippen LogP contribution < -0.4 is 4.90 Å². The lowest BCUT2D eigenvalue weighted by Crippen LogP contribution is -2.11. The maximum Gasteiger partial charge on any atom is 0.143 e. The molecule has 0 unspecified atom stereocenters. The molecule has 15 rings (SSSR count). The van der Waals surface area contributed by atoms with Crippen molar-refractivity contribution >= 4 is 93.1 Å². The molecule has 75 heavy (non-hydrogen) atoms. The lowest BCUT2D eigenvalue weighted by molar-refractivity contribution is 0.673. The first-order chi connectivity index (χ1) is 37.2. The van der Waals surface area contributed by atoms with Gasteiger partial charge < -0.3 is 13.9 Å². The van der Waals surface area contributed by atoms with Crippen LogP contribution in [0.4, 0.5) is 17.1 Å². The number of anilines is 3. The van der Waals surface area contributed by atoms with Gasteiger partial charge in [-0.25, -0.2) is 0 Å². The summed E-state index contributed by atoms with van der Waals surface area (Å²) in [7, 11) is 0. The molecule has 13 aromatic carbocycles. The minimum absolute atomic E-state index is 0.873. The van der Waals surface area contributed by atoms with E-state index >= 15 is 0 Å². The number of hydrogen-bond acceptors (Lipinski definition) is 2. The Morgan fingerprint density at radius 3 is 1.48 bits per heavy atom. The monoisotopic (exact) mass is 954 g/mol. The Kier molecular flexibility index (Phi) is 9.89. The summed E-state index contributed by atoms with van der Waals surface area (Å²) < 4.78 is 9.12. The van der Waals surface area contributed by atoms with Gasteiger partial charge in [-0.2, -0.15) is 0 Å². The third kappa shape index (κ3) is 7.12. The first-order valence-electron chi connectivity index (χ1n) is 25.7. The summed E-state index contributed by atoms with van der Waals surface area (Å²) in [6.07, 6.45) is 0. The van der Waals surface area contributed by atoms with Crippen LogP contribution in [0.15, 0.2) is 283 Å². The molecule has 0 N–H and O–H groups in total. The summed E-state index contributed by atoms with van der Waals surface area (Å²) in [4.78, 5) is 2.40. The molecule has 0 spiro atoms. The fourth-order valence-corrected chi connectivity index (χ4v) is 11.8. The molecule has 0 atom stereocenters. The molecule has 0 aliphatic rings. The Hall–Kier alpha value is -9.96. The Balaban J connectivity index is 0.823. The van der Waals surface area contributed by atoms with E-state index in [0.717, 1.165) is 83.3 Å². The third-order valence-electron chi connectivity index (χ3n) is 15.4. The second kappa shape index (κ2) is 17.4. The van der Waals surface area contributed by atoms with E-state index < -0.39 is 0 Å². The molecule has 0 saturated carbocycles. The zero-order valence-electron chi connectivity index (χ0n) is 40.9. The molecule has 15 aromatic rings. The molecule has 2 aromatic heterocycles. The van der Waals surface area contributed by atoms with Gasteiger partial charge in [0.25, 0.3) is 0 Å². The van der Waals surface area contributed by atoms with Crippen LogP contribution >= 0.6 is 0 Å². The number of para-hydroxylation sites is 3. The van der Waals surface area contributed by atoms with Gasteiger partial charge in [0, 0.05) is 49.6 Å². The van der Waals surface area contributed by atoms with Crippen LogP contribution in [0.2, 0.25) is 0 Å². The van der Waals surface area contributed by atoms with Crippen LogP contribution in [0.1, 0.15) is 0 Å². The largest absolute Gasteiger partial charge is 0.455 e. The fraction of sp³-hybridized carbons (Fsp3) is 0. The summed E-state index contributed by atoms with van der Waals surface area (Å²) in [5.74, 6) is 0. The second-order valence-electron chi connectivity index (χ2n) is 19.6. The molecule has 0 fully saturated rings. The average molecular weight is 955 g/mol. The minimum Gasteiger partial charge on any atom is -0.455 e. The number of benzene rings is 13. The Morgan fingerprint density at radius 1 is 0.293 bits per heavy atom. The minimum atomic E-state index is 0.873. The number of rotatable bonds is 8. The van der Waals surface area contributed by atoms with Crippen LogP contribution in [-0.4, -0.2) is 4.57 Å². The quantitative estimate of drug-likeness (QED) is 0.142. The first-order valence-corrected chi connectivity index (χ1v) is 25.7. The zero-order valence-corrected chi connectivity index (χ0v) is 40.9. The van der Waals surface area contributed by atoms with Crippen molar-refractivity contribution in [3.8, 4) is 50.2 Å². The van der Waals surface area contributed by atoms with Crippen LogP contribution in [0.5, 0.6) is 0 Å². The highest BCUT2D eigenvalue weighted by atomic mass is 16.3. The smallest absolute Gasteiger partial charge is 0.143 e. The van der Waals surface area contributed by atoms with Crippen molar-refractivity contribution in [2.24, 2.45) is 0 Å². The van der Waals surface area contributed by atoms with Crippen LogP contribution in [0.3, 0.4) is 0 Å². The second-order valence-corrected chi connectivity index (χ2v) is 19.6. The van der Waals surface area contributed by atoms with Crippen molar-refractivity contribution in [3.05, 3.63) is 279 Å². The molecule has 350 valence electrons. The predicted octanol–water partition coefficient (Wildman–Crippen LogP) is 20.3. The number of fused-ring (bicyclic) bond motifs is 11. The highest BCUT2D eigenvalue weighted by molar-refractivity contribution is 6.20. The van der Waals surface area contributed by atoms with Crippen molar-refractivity contribution in [1.29, 1.82) is 0 Å². The molecule has 2 heterocycles. The van der Waals surface area contributed by atoms with Gasteiger partial charge in [-0.05, 0) is 139 Å². The van der Waals surface area contributed by atoms with Gasteiger partial charge in [0.15, 0.2) is 0 Å². The zero-order chi connectivity index (χ0) is 49.4. The number of nitrogens with zero attached hydrogens (tertiary/aromatic N) is 2. The maximum atomic E-state index is 6.73. The normalized spacial score (nSPS) is 11.7. The highest BCUT2D eigenvalue weighted by Gasteiger charge is 2.22. The van der Waals surface area contributed by atoms with Gasteiger partial charge in [-0.1, -0.05) is 206 Å². The van der Waals surface area contributed by atoms with Gasteiger partial charge >= 0.3 is 0 Å². The summed E-state index contributed by atoms with van der Waals surface area (Å²) in [5.41, 5.74) is 17.8. The van der Waals surface area contributed by atoms with E-state index in [1.165, 1.54) is 60.0 Å². The van der Waals surface area contributed by atoms with Gasteiger partial charge in [0.1, 0.15) is 11.2 Å². The molecule has 0 bridgehead atoms. The Bertz CT molecular complexity index is 4640. The van der Waals surface area contributed by atoms with Crippen molar-refractivity contribution in [1.82, 2.24) is 4.57 Å². The summed E-state index contributed by atoms with van der Waals surface area (Å²) in [5, 5.41) is 12.1. The van der Waals surface area contributed by atoms with Crippen LogP contribution in [-0.2, 0) is 0 Å².